The molecule has 0 amide bonds. The van der Waals surface area contributed by atoms with Gasteiger partial charge >= 0.3 is 0 Å². The molecule has 32 heavy (non-hydrogen) atoms. The molecule has 0 aliphatic rings. The van der Waals surface area contributed by atoms with Crippen LogP contribution in [0.25, 0.3) is 21.9 Å². The van der Waals surface area contributed by atoms with Crippen LogP contribution in [0.5, 0.6) is 0 Å². The summed E-state index contributed by atoms with van der Waals surface area (Å²) in [6, 6.07) is 41.3. The van der Waals surface area contributed by atoms with Gasteiger partial charge in [-0.1, -0.05) is 109 Å². The second-order valence-corrected chi connectivity index (χ2v) is 7.49. The first kappa shape index (κ1) is 19.4. The molecule has 5 aromatic rings. The highest BCUT2D eigenvalue weighted by Gasteiger charge is 2.11. The topological polar surface area (TPSA) is 0 Å². The van der Waals surface area contributed by atoms with Gasteiger partial charge in [-0.05, 0) is 52.7 Å². The van der Waals surface area contributed by atoms with E-state index in [1.807, 2.05) is 66.7 Å². The Hall–Kier alpha value is -4.52. The van der Waals surface area contributed by atoms with Gasteiger partial charge in [-0.15, -0.1) is 0 Å². The molecule has 0 saturated heterocycles. The van der Waals surface area contributed by atoms with Crippen molar-refractivity contribution in [2.45, 2.75) is 0 Å². The zero-order valence-corrected chi connectivity index (χ0v) is 17.5. The maximum atomic E-state index is 3.41. The number of rotatable bonds is 1. The van der Waals surface area contributed by atoms with Crippen LogP contribution in [0.4, 0.5) is 0 Å². The molecular weight excluding hydrogens is 384 g/mol. The summed E-state index contributed by atoms with van der Waals surface area (Å²) in [5.74, 6) is 13.5. The summed E-state index contributed by atoms with van der Waals surface area (Å²) < 4.78 is 0. The molecule has 5 rings (SSSR count). The number of benzene rings is 5. The molecule has 0 N–H and O–H groups in total. The van der Waals surface area contributed by atoms with Gasteiger partial charge in [0.2, 0.25) is 0 Å². The highest BCUT2D eigenvalue weighted by atomic mass is 14.1. The molecule has 148 valence electrons. The summed E-state index contributed by atoms with van der Waals surface area (Å²) in [7, 11) is 0. The lowest BCUT2D eigenvalue weighted by atomic mass is 9.91. The van der Waals surface area contributed by atoms with E-state index in [4.69, 9.17) is 0 Å². The lowest BCUT2D eigenvalue weighted by Crippen LogP contribution is -1.92. The van der Waals surface area contributed by atoms with Crippen LogP contribution >= 0.6 is 0 Å². The first-order valence-electron chi connectivity index (χ1n) is 10.6. The van der Waals surface area contributed by atoms with Crippen LogP contribution in [-0.4, -0.2) is 0 Å². The lowest BCUT2D eigenvalue weighted by Gasteiger charge is -2.12. The zero-order valence-electron chi connectivity index (χ0n) is 17.5. The molecule has 0 nitrogen and oxygen atoms in total. The Labute approximate surface area is 189 Å². The van der Waals surface area contributed by atoms with Gasteiger partial charge in [0.1, 0.15) is 0 Å². The predicted molar refractivity (Wildman–Crippen MR) is 134 cm³/mol. The van der Waals surface area contributed by atoms with Crippen molar-refractivity contribution in [3.05, 3.63) is 144 Å². The van der Waals surface area contributed by atoms with Crippen molar-refractivity contribution >= 4 is 10.8 Å². The Balaban J connectivity index is 1.73. The SMILES string of the molecule is C(#Cc1cccc(C#Cc2ccccc2)c1-c1cccc2ccccc12)c1ccccc1. The van der Waals surface area contributed by atoms with Gasteiger partial charge in [-0.3, -0.25) is 0 Å². The Morgan fingerprint density at radius 1 is 0.375 bits per heavy atom. The van der Waals surface area contributed by atoms with E-state index >= 15 is 0 Å². The van der Waals surface area contributed by atoms with E-state index in [0.717, 1.165) is 33.4 Å². The van der Waals surface area contributed by atoms with Gasteiger partial charge in [0, 0.05) is 27.8 Å². The molecule has 0 saturated carbocycles. The van der Waals surface area contributed by atoms with Crippen LogP contribution < -0.4 is 0 Å². The number of hydrogen-bond acceptors (Lipinski definition) is 0. The normalized spacial score (nSPS) is 10.0. The van der Waals surface area contributed by atoms with Crippen molar-refractivity contribution in [1.29, 1.82) is 0 Å². The van der Waals surface area contributed by atoms with Crippen molar-refractivity contribution < 1.29 is 0 Å². The first-order valence-corrected chi connectivity index (χ1v) is 10.6. The Kier molecular flexibility index (Phi) is 5.53. The van der Waals surface area contributed by atoms with E-state index in [9.17, 15) is 0 Å². The van der Waals surface area contributed by atoms with Gasteiger partial charge < -0.3 is 0 Å². The fourth-order valence-electron chi connectivity index (χ4n) is 3.82. The molecule has 0 aliphatic heterocycles. The lowest BCUT2D eigenvalue weighted by molar-refractivity contribution is 1.56. The summed E-state index contributed by atoms with van der Waals surface area (Å²) in [6.45, 7) is 0. The Morgan fingerprint density at radius 2 is 0.875 bits per heavy atom. The Morgan fingerprint density at radius 3 is 1.50 bits per heavy atom. The third-order valence-electron chi connectivity index (χ3n) is 5.35. The predicted octanol–water partition coefficient (Wildman–Crippen LogP) is 7.31. The van der Waals surface area contributed by atoms with Crippen LogP contribution in [0.15, 0.2) is 121 Å². The van der Waals surface area contributed by atoms with E-state index in [1.165, 1.54) is 10.8 Å². The summed E-state index contributed by atoms with van der Waals surface area (Å²) in [5.41, 5.74) is 6.18. The Bertz CT molecular complexity index is 1420. The van der Waals surface area contributed by atoms with E-state index in [-0.39, 0.29) is 0 Å². The van der Waals surface area contributed by atoms with Crippen molar-refractivity contribution in [2.24, 2.45) is 0 Å². The quantitative estimate of drug-likeness (QED) is 0.257. The van der Waals surface area contributed by atoms with Crippen LogP contribution in [0.1, 0.15) is 22.3 Å². The molecule has 0 aliphatic carbocycles. The van der Waals surface area contributed by atoms with Gasteiger partial charge in [0.05, 0.1) is 0 Å². The molecule has 0 fully saturated rings. The van der Waals surface area contributed by atoms with Crippen molar-refractivity contribution in [1.82, 2.24) is 0 Å². The number of hydrogen-bond donors (Lipinski definition) is 0. The van der Waals surface area contributed by atoms with Crippen LogP contribution in [0.3, 0.4) is 0 Å². The van der Waals surface area contributed by atoms with Crippen molar-refractivity contribution in [2.75, 3.05) is 0 Å². The summed E-state index contributed by atoms with van der Waals surface area (Å²) >= 11 is 0. The van der Waals surface area contributed by atoms with Gasteiger partial charge in [-0.2, -0.15) is 0 Å². The van der Waals surface area contributed by atoms with E-state index in [0.29, 0.717) is 0 Å². The highest BCUT2D eigenvalue weighted by Crippen LogP contribution is 2.33. The van der Waals surface area contributed by atoms with Gasteiger partial charge in [0.15, 0.2) is 0 Å². The van der Waals surface area contributed by atoms with E-state index in [2.05, 4.69) is 78.3 Å². The summed E-state index contributed by atoms with van der Waals surface area (Å²) in [6.07, 6.45) is 0. The second-order valence-electron chi connectivity index (χ2n) is 7.49. The second kappa shape index (κ2) is 9.09. The maximum Gasteiger partial charge on any atom is 0.0340 e. The third kappa shape index (κ3) is 4.17. The molecule has 0 atom stereocenters. The monoisotopic (exact) mass is 404 g/mol. The summed E-state index contributed by atoms with van der Waals surface area (Å²) in [4.78, 5) is 0. The minimum absolute atomic E-state index is 0.977. The molecular formula is C32H20. The minimum atomic E-state index is 0.977. The molecule has 0 spiro atoms. The van der Waals surface area contributed by atoms with Gasteiger partial charge in [-0.25, -0.2) is 0 Å². The molecule has 0 bridgehead atoms. The third-order valence-corrected chi connectivity index (χ3v) is 5.35. The maximum absolute atomic E-state index is 3.41. The van der Waals surface area contributed by atoms with Crippen LogP contribution in [-0.2, 0) is 0 Å². The van der Waals surface area contributed by atoms with Crippen molar-refractivity contribution in [3.63, 3.8) is 0 Å². The van der Waals surface area contributed by atoms with Gasteiger partial charge in [0.25, 0.3) is 0 Å². The average molecular weight is 405 g/mol. The highest BCUT2D eigenvalue weighted by molar-refractivity contribution is 5.99. The van der Waals surface area contributed by atoms with Crippen LogP contribution in [0, 0.1) is 23.7 Å². The van der Waals surface area contributed by atoms with Crippen LogP contribution in [0.2, 0.25) is 0 Å². The molecule has 5 aromatic carbocycles. The standard InChI is InChI=1S/C32H20/c1-3-11-25(12-4-1)21-23-28-17-9-18-29(24-22-26-13-5-2-6-14-26)32(28)31-20-10-16-27-15-7-8-19-30(27)31/h1-20H. The smallest absolute Gasteiger partial charge is 0.0340 e. The molecule has 0 heterocycles. The molecule has 0 radical (unpaired) electrons. The average Bonchev–Trinajstić information content (AvgIpc) is 2.87. The van der Waals surface area contributed by atoms with Crippen molar-refractivity contribution in [3.8, 4) is 34.8 Å². The zero-order chi connectivity index (χ0) is 21.6. The largest absolute Gasteiger partial charge is 0.0622 e. The molecule has 0 aromatic heterocycles. The fraction of sp³-hybridized carbons (Fsp3) is 0. The first-order chi connectivity index (χ1) is 15.9. The molecule has 0 unspecified atom stereocenters. The fourth-order valence-corrected chi connectivity index (χ4v) is 3.82. The molecule has 0 heteroatoms. The number of fused-ring (bicyclic) bond motifs is 1. The minimum Gasteiger partial charge on any atom is -0.0622 e. The van der Waals surface area contributed by atoms with E-state index < -0.39 is 0 Å². The van der Waals surface area contributed by atoms with E-state index in [1.54, 1.807) is 0 Å². The summed E-state index contributed by atoms with van der Waals surface area (Å²) in [5, 5.41) is 2.41.